The Hall–Kier alpha value is -1.10. The van der Waals surface area contributed by atoms with E-state index in [0.29, 0.717) is 18.8 Å². The van der Waals surface area contributed by atoms with E-state index in [2.05, 4.69) is 17.1 Å². The Morgan fingerprint density at radius 3 is 2.65 bits per heavy atom. The van der Waals surface area contributed by atoms with E-state index in [1.165, 1.54) is 12.8 Å². The zero-order valence-electron chi connectivity index (χ0n) is 12.9. The maximum absolute atomic E-state index is 11.9. The molecular weight excluding hydrogens is 256 g/mol. The minimum absolute atomic E-state index is 0.156. The molecule has 1 fully saturated rings. The lowest BCUT2D eigenvalue weighted by Gasteiger charge is -2.30. The van der Waals surface area contributed by atoms with E-state index in [9.17, 15) is 9.59 Å². The number of amides is 1. The first-order chi connectivity index (χ1) is 9.38. The lowest BCUT2D eigenvalue weighted by molar-refractivity contribution is -0.142. The Bertz CT molecular complexity index is 331. The van der Waals surface area contributed by atoms with Gasteiger partial charge in [-0.25, -0.2) is 4.79 Å². The molecule has 116 valence electrons. The first-order valence-electron chi connectivity index (χ1n) is 7.63. The number of nitrogens with zero attached hydrogens (tertiary/aromatic N) is 1. The molecule has 1 amide bonds. The van der Waals surface area contributed by atoms with E-state index < -0.39 is 12.0 Å². The van der Waals surface area contributed by atoms with Crippen molar-refractivity contribution in [3.05, 3.63) is 0 Å². The smallest absolute Gasteiger partial charge is 0.326 e. The van der Waals surface area contributed by atoms with Gasteiger partial charge in [-0.15, -0.1) is 0 Å². The summed E-state index contributed by atoms with van der Waals surface area (Å²) in [4.78, 5) is 25.3. The van der Waals surface area contributed by atoms with E-state index in [1.54, 1.807) is 0 Å². The van der Waals surface area contributed by atoms with Crippen LogP contribution < -0.4 is 5.32 Å². The summed E-state index contributed by atoms with van der Waals surface area (Å²) in [5.41, 5.74) is 0. The molecule has 5 heteroatoms. The molecule has 1 saturated heterocycles. The summed E-state index contributed by atoms with van der Waals surface area (Å²) in [5.74, 6) is -0.159. The number of likely N-dealkylation sites (tertiary alicyclic amines) is 1. The number of hydrogen-bond acceptors (Lipinski definition) is 3. The number of rotatable bonds is 7. The van der Waals surface area contributed by atoms with Crippen LogP contribution in [0.15, 0.2) is 0 Å². The van der Waals surface area contributed by atoms with E-state index in [4.69, 9.17) is 5.11 Å². The normalized spacial score (nSPS) is 21.7. The van der Waals surface area contributed by atoms with Crippen LogP contribution >= 0.6 is 0 Å². The van der Waals surface area contributed by atoms with Crippen molar-refractivity contribution in [2.24, 2.45) is 11.8 Å². The molecule has 2 unspecified atom stereocenters. The summed E-state index contributed by atoms with van der Waals surface area (Å²) < 4.78 is 0. The van der Waals surface area contributed by atoms with Crippen molar-refractivity contribution in [2.45, 2.75) is 52.5 Å². The standard InChI is InChI=1S/C15H28N2O3/c1-11(2)9-13(15(19)20)16-14(18)6-8-17-7-4-5-12(3)10-17/h11-13H,4-10H2,1-3H3,(H,16,18)(H,19,20). The van der Waals surface area contributed by atoms with Gasteiger partial charge in [0.05, 0.1) is 0 Å². The van der Waals surface area contributed by atoms with Crippen LogP contribution in [0, 0.1) is 11.8 Å². The van der Waals surface area contributed by atoms with Crippen molar-refractivity contribution in [3.63, 3.8) is 0 Å². The summed E-state index contributed by atoms with van der Waals surface area (Å²) in [6.45, 7) is 8.96. The first-order valence-corrected chi connectivity index (χ1v) is 7.63. The molecule has 2 atom stereocenters. The molecule has 0 spiro atoms. The highest BCUT2D eigenvalue weighted by Crippen LogP contribution is 2.15. The zero-order valence-corrected chi connectivity index (χ0v) is 12.9. The Balaban J connectivity index is 2.32. The Kier molecular flexibility index (Phi) is 6.99. The van der Waals surface area contributed by atoms with Crippen LogP contribution in [0.5, 0.6) is 0 Å². The van der Waals surface area contributed by atoms with Crippen LogP contribution in [-0.2, 0) is 9.59 Å². The number of carbonyl (C=O) groups excluding carboxylic acids is 1. The number of piperidine rings is 1. The molecule has 0 saturated carbocycles. The average Bonchev–Trinajstić information content (AvgIpc) is 2.35. The van der Waals surface area contributed by atoms with Gasteiger partial charge in [-0.3, -0.25) is 4.79 Å². The second-order valence-corrected chi connectivity index (χ2v) is 6.39. The molecule has 20 heavy (non-hydrogen) atoms. The predicted octanol–water partition coefficient (Wildman–Crippen LogP) is 1.72. The SMILES string of the molecule is CC(C)CC(NC(=O)CCN1CCCC(C)C1)C(=O)O. The fourth-order valence-electron chi connectivity index (χ4n) is 2.71. The van der Waals surface area contributed by atoms with Crippen LogP contribution in [0.1, 0.15) is 46.5 Å². The fourth-order valence-corrected chi connectivity index (χ4v) is 2.71. The second-order valence-electron chi connectivity index (χ2n) is 6.39. The third-order valence-corrected chi connectivity index (χ3v) is 3.74. The quantitative estimate of drug-likeness (QED) is 0.747. The molecule has 0 aliphatic carbocycles. The topological polar surface area (TPSA) is 69.6 Å². The number of aliphatic carboxylic acids is 1. The maximum atomic E-state index is 11.9. The average molecular weight is 284 g/mol. The van der Waals surface area contributed by atoms with E-state index >= 15 is 0 Å². The highest BCUT2D eigenvalue weighted by Gasteiger charge is 2.22. The minimum atomic E-state index is -0.946. The van der Waals surface area contributed by atoms with Gasteiger partial charge in [-0.1, -0.05) is 20.8 Å². The van der Waals surface area contributed by atoms with Gasteiger partial charge < -0.3 is 15.3 Å². The number of carboxylic acid groups (broad SMARTS) is 1. The third-order valence-electron chi connectivity index (χ3n) is 3.74. The monoisotopic (exact) mass is 284 g/mol. The van der Waals surface area contributed by atoms with Gasteiger partial charge in [0.25, 0.3) is 0 Å². The Morgan fingerprint density at radius 2 is 2.10 bits per heavy atom. The van der Waals surface area contributed by atoms with Gasteiger partial charge >= 0.3 is 5.97 Å². The molecule has 0 aromatic carbocycles. The largest absolute Gasteiger partial charge is 0.480 e. The molecule has 1 aliphatic heterocycles. The van der Waals surface area contributed by atoms with Crippen molar-refractivity contribution >= 4 is 11.9 Å². The van der Waals surface area contributed by atoms with Gasteiger partial charge in [-0.2, -0.15) is 0 Å². The van der Waals surface area contributed by atoms with Crippen molar-refractivity contribution in [2.75, 3.05) is 19.6 Å². The van der Waals surface area contributed by atoms with Gasteiger partial charge in [0, 0.05) is 19.5 Å². The van der Waals surface area contributed by atoms with Crippen molar-refractivity contribution in [3.8, 4) is 0 Å². The van der Waals surface area contributed by atoms with Crippen LogP contribution in [-0.4, -0.2) is 47.6 Å². The highest BCUT2D eigenvalue weighted by atomic mass is 16.4. The van der Waals surface area contributed by atoms with Crippen molar-refractivity contribution in [1.82, 2.24) is 10.2 Å². The van der Waals surface area contributed by atoms with Gasteiger partial charge in [0.2, 0.25) is 5.91 Å². The summed E-state index contributed by atoms with van der Waals surface area (Å²) in [6, 6.07) is -0.761. The van der Waals surface area contributed by atoms with Gasteiger partial charge in [0.1, 0.15) is 6.04 Å². The molecule has 1 aliphatic rings. The number of nitrogens with one attached hydrogen (secondary N) is 1. The van der Waals surface area contributed by atoms with E-state index in [1.807, 2.05) is 13.8 Å². The molecule has 0 bridgehead atoms. The van der Waals surface area contributed by atoms with Gasteiger partial charge in [-0.05, 0) is 37.6 Å². The summed E-state index contributed by atoms with van der Waals surface area (Å²) in [7, 11) is 0. The van der Waals surface area contributed by atoms with Crippen LogP contribution in [0.2, 0.25) is 0 Å². The molecular formula is C15H28N2O3. The summed E-state index contributed by atoms with van der Waals surface area (Å²) in [5, 5.41) is 11.7. The van der Waals surface area contributed by atoms with Crippen molar-refractivity contribution in [1.29, 1.82) is 0 Å². The highest BCUT2D eigenvalue weighted by molar-refractivity contribution is 5.83. The van der Waals surface area contributed by atoms with Crippen LogP contribution in [0.4, 0.5) is 0 Å². The first kappa shape index (κ1) is 17.0. The van der Waals surface area contributed by atoms with Crippen LogP contribution in [0.3, 0.4) is 0 Å². The maximum Gasteiger partial charge on any atom is 0.326 e. The van der Waals surface area contributed by atoms with E-state index in [-0.39, 0.29) is 11.8 Å². The zero-order chi connectivity index (χ0) is 15.1. The number of carbonyl (C=O) groups is 2. The molecule has 0 aromatic rings. The molecule has 0 aromatic heterocycles. The Labute approximate surface area is 121 Å². The molecule has 1 rings (SSSR count). The fraction of sp³-hybridized carbons (Fsp3) is 0.867. The van der Waals surface area contributed by atoms with Crippen molar-refractivity contribution < 1.29 is 14.7 Å². The molecule has 1 heterocycles. The molecule has 2 N–H and O–H groups in total. The molecule has 0 radical (unpaired) electrons. The number of carboxylic acids is 1. The lowest BCUT2D eigenvalue weighted by atomic mass is 10.0. The van der Waals surface area contributed by atoms with E-state index in [0.717, 1.165) is 19.6 Å². The summed E-state index contributed by atoms with van der Waals surface area (Å²) >= 11 is 0. The van der Waals surface area contributed by atoms with Gasteiger partial charge in [0.15, 0.2) is 0 Å². The van der Waals surface area contributed by atoms with Crippen LogP contribution in [0.25, 0.3) is 0 Å². The number of hydrogen-bond donors (Lipinski definition) is 2. The summed E-state index contributed by atoms with van der Waals surface area (Å²) in [6.07, 6.45) is 3.31. The minimum Gasteiger partial charge on any atom is -0.480 e. The predicted molar refractivity (Wildman–Crippen MR) is 78.5 cm³/mol. The lowest BCUT2D eigenvalue weighted by Crippen LogP contribution is -2.43. The molecule has 5 nitrogen and oxygen atoms in total. The Morgan fingerprint density at radius 1 is 1.40 bits per heavy atom. The second kappa shape index (κ2) is 8.25. The third kappa shape index (κ3) is 6.37.